The van der Waals surface area contributed by atoms with Gasteiger partial charge >= 0.3 is 12.1 Å². The van der Waals surface area contributed by atoms with Crippen molar-refractivity contribution in [2.24, 2.45) is 0 Å². The van der Waals surface area contributed by atoms with Gasteiger partial charge in [-0.1, -0.05) is 6.07 Å². The van der Waals surface area contributed by atoms with Crippen LogP contribution in [0.3, 0.4) is 0 Å². The number of alkyl carbamates (subject to hydrolysis) is 1. The number of rotatable bonds is 5. The highest BCUT2D eigenvalue weighted by Crippen LogP contribution is 2.29. The molecule has 2 N–H and O–H groups in total. The summed E-state index contributed by atoms with van der Waals surface area (Å²) < 4.78 is 21.3. The predicted octanol–water partition coefficient (Wildman–Crippen LogP) is 0.484. The first-order valence-electron chi connectivity index (χ1n) is 8.70. The first-order chi connectivity index (χ1) is 13.0. The number of carbonyl (C=O) groups excluding carboxylic acids is 3. The van der Waals surface area contributed by atoms with E-state index in [0.29, 0.717) is 17.7 Å². The minimum Gasteiger partial charge on any atom is -0.465 e. The second kappa shape index (κ2) is 8.36. The van der Waals surface area contributed by atoms with E-state index in [1.807, 2.05) is 0 Å². The maximum Gasteiger partial charge on any atom is 0.407 e. The molecule has 9 heteroatoms. The third-order valence-electron chi connectivity index (χ3n) is 4.45. The summed E-state index contributed by atoms with van der Waals surface area (Å²) >= 11 is 0. The summed E-state index contributed by atoms with van der Waals surface area (Å²) in [6.07, 6.45) is -1.88. The molecular formula is C18H22N2O7. The Morgan fingerprint density at radius 3 is 2.63 bits per heavy atom. The molecule has 2 heterocycles. The fourth-order valence-corrected chi connectivity index (χ4v) is 3.17. The fourth-order valence-electron chi connectivity index (χ4n) is 3.17. The summed E-state index contributed by atoms with van der Waals surface area (Å²) in [6, 6.07) is 5.86. The van der Waals surface area contributed by atoms with E-state index in [9.17, 15) is 14.4 Å². The van der Waals surface area contributed by atoms with E-state index in [1.54, 1.807) is 25.1 Å². The lowest BCUT2D eigenvalue weighted by atomic mass is 10.1. The topological polar surface area (TPSA) is 112 Å². The van der Waals surface area contributed by atoms with Crippen molar-refractivity contribution in [2.45, 2.75) is 31.3 Å². The average molecular weight is 378 g/mol. The molecule has 1 aromatic carbocycles. The van der Waals surface area contributed by atoms with E-state index in [4.69, 9.17) is 14.2 Å². The van der Waals surface area contributed by atoms with Gasteiger partial charge in [-0.25, -0.2) is 9.59 Å². The van der Waals surface area contributed by atoms with Gasteiger partial charge < -0.3 is 29.6 Å². The van der Waals surface area contributed by atoms with Gasteiger partial charge in [0, 0.05) is 12.1 Å². The summed E-state index contributed by atoms with van der Waals surface area (Å²) in [6.45, 7) is 2.70. The third kappa shape index (κ3) is 4.20. The van der Waals surface area contributed by atoms with Gasteiger partial charge in [0.15, 0.2) is 6.10 Å². The molecule has 2 fully saturated rings. The fraction of sp³-hybridized carbons (Fsp3) is 0.500. The number of carbonyl (C=O) groups is 3. The lowest BCUT2D eigenvalue weighted by Crippen LogP contribution is -2.44. The Bertz CT molecular complexity index is 723. The number of benzene rings is 1. The summed E-state index contributed by atoms with van der Waals surface area (Å²) in [7, 11) is 1.28. The second-order valence-corrected chi connectivity index (χ2v) is 6.22. The molecule has 2 aliphatic rings. The van der Waals surface area contributed by atoms with Gasteiger partial charge in [0.1, 0.15) is 12.2 Å². The zero-order valence-electron chi connectivity index (χ0n) is 15.1. The molecule has 0 spiro atoms. The Kier molecular flexibility index (Phi) is 5.92. The van der Waals surface area contributed by atoms with E-state index >= 15 is 0 Å². The van der Waals surface area contributed by atoms with E-state index in [0.717, 1.165) is 0 Å². The van der Waals surface area contributed by atoms with Crippen LogP contribution in [0.4, 0.5) is 4.79 Å². The van der Waals surface area contributed by atoms with Crippen LogP contribution in [0.25, 0.3) is 0 Å². The molecule has 0 aromatic heterocycles. The van der Waals surface area contributed by atoms with Crippen molar-refractivity contribution < 1.29 is 33.3 Å². The highest BCUT2D eigenvalue weighted by molar-refractivity contribution is 5.98. The minimum atomic E-state index is -0.525. The molecule has 3 rings (SSSR count). The highest BCUT2D eigenvalue weighted by Gasteiger charge is 2.50. The van der Waals surface area contributed by atoms with Crippen LogP contribution in [0.15, 0.2) is 24.3 Å². The maximum atomic E-state index is 12.5. The third-order valence-corrected chi connectivity index (χ3v) is 4.45. The molecule has 146 valence electrons. The summed E-state index contributed by atoms with van der Waals surface area (Å²) in [5.41, 5.74) is 0.618. The van der Waals surface area contributed by atoms with Crippen LogP contribution in [0, 0.1) is 0 Å². The summed E-state index contributed by atoms with van der Waals surface area (Å²) in [4.78, 5) is 35.7. The Hall–Kier alpha value is -2.65. The number of amides is 2. The average Bonchev–Trinajstić information content (AvgIpc) is 3.25. The number of esters is 1. The first-order valence-corrected chi connectivity index (χ1v) is 8.70. The molecule has 2 saturated heterocycles. The van der Waals surface area contributed by atoms with Crippen molar-refractivity contribution in [3.05, 3.63) is 35.4 Å². The molecular weight excluding hydrogens is 356 g/mol. The van der Waals surface area contributed by atoms with Gasteiger partial charge in [-0.3, -0.25) is 4.79 Å². The van der Waals surface area contributed by atoms with Gasteiger partial charge in [-0.05, 0) is 25.1 Å². The van der Waals surface area contributed by atoms with Gasteiger partial charge in [0.2, 0.25) is 0 Å². The van der Waals surface area contributed by atoms with Crippen molar-refractivity contribution in [1.29, 1.82) is 0 Å². The molecule has 0 radical (unpaired) electrons. The van der Waals surface area contributed by atoms with Crippen LogP contribution < -0.4 is 10.6 Å². The Labute approximate surface area is 156 Å². The zero-order chi connectivity index (χ0) is 19.4. The summed E-state index contributed by atoms with van der Waals surface area (Å²) in [5.74, 6) is -0.870. The van der Waals surface area contributed by atoms with E-state index in [-0.39, 0.29) is 25.2 Å². The number of methoxy groups -OCH3 is 1. The van der Waals surface area contributed by atoms with Crippen molar-refractivity contribution >= 4 is 18.0 Å². The molecule has 27 heavy (non-hydrogen) atoms. The Balaban J connectivity index is 1.60. The van der Waals surface area contributed by atoms with Crippen LogP contribution in [0.5, 0.6) is 0 Å². The van der Waals surface area contributed by atoms with Crippen LogP contribution >= 0.6 is 0 Å². The van der Waals surface area contributed by atoms with E-state index in [1.165, 1.54) is 13.2 Å². The Morgan fingerprint density at radius 1 is 1.15 bits per heavy atom. The molecule has 9 nitrogen and oxygen atoms in total. The molecule has 2 aliphatic heterocycles. The monoisotopic (exact) mass is 378 g/mol. The first kappa shape index (κ1) is 19.1. The maximum absolute atomic E-state index is 12.5. The lowest BCUT2D eigenvalue weighted by Gasteiger charge is -2.18. The number of fused-ring (bicyclic) bond motifs is 1. The van der Waals surface area contributed by atoms with Crippen LogP contribution in [-0.2, 0) is 18.9 Å². The smallest absolute Gasteiger partial charge is 0.407 e. The Morgan fingerprint density at radius 2 is 1.89 bits per heavy atom. The lowest BCUT2D eigenvalue weighted by molar-refractivity contribution is 0.00408. The van der Waals surface area contributed by atoms with Crippen molar-refractivity contribution in [1.82, 2.24) is 10.6 Å². The molecule has 4 unspecified atom stereocenters. The molecule has 0 saturated carbocycles. The largest absolute Gasteiger partial charge is 0.465 e. The van der Waals surface area contributed by atoms with Gasteiger partial charge in [0.25, 0.3) is 5.91 Å². The van der Waals surface area contributed by atoms with E-state index < -0.39 is 30.4 Å². The van der Waals surface area contributed by atoms with Crippen LogP contribution in [-0.4, -0.2) is 69.2 Å². The molecule has 1 aromatic rings. The molecule has 0 bridgehead atoms. The number of hydrogen-bond acceptors (Lipinski definition) is 7. The van der Waals surface area contributed by atoms with Gasteiger partial charge in [-0.15, -0.1) is 0 Å². The zero-order valence-corrected chi connectivity index (χ0v) is 15.1. The van der Waals surface area contributed by atoms with Crippen molar-refractivity contribution in [3.63, 3.8) is 0 Å². The highest BCUT2D eigenvalue weighted by atomic mass is 16.6. The van der Waals surface area contributed by atoms with Crippen LogP contribution in [0.2, 0.25) is 0 Å². The standard InChI is InChI=1S/C18H22N2O7/c1-3-19-18(23)27-13-9-26-14-12(8-25-15(13)14)20-16(21)10-5-4-6-11(7-10)17(22)24-2/h4-7,12-15H,3,8-9H2,1-2H3,(H,19,23)(H,20,21). The van der Waals surface area contributed by atoms with E-state index in [2.05, 4.69) is 15.4 Å². The number of ether oxygens (including phenoxy) is 4. The normalized spacial score (nSPS) is 26.1. The van der Waals surface area contributed by atoms with Gasteiger partial charge in [-0.2, -0.15) is 0 Å². The quantitative estimate of drug-likeness (QED) is 0.717. The van der Waals surface area contributed by atoms with Crippen molar-refractivity contribution in [3.8, 4) is 0 Å². The second-order valence-electron chi connectivity index (χ2n) is 6.22. The van der Waals surface area contributed by atoms with Crippen LogP contribution in [0.1, 0.15) is 27.6 Å². The predicted molar refractivity (Wildman–Crippen MR) is 92.5 cm³/mol. The molecule has 0 aliphatic carbocycles. The minimum absolute atomic E-state index is 0.205. The van der Waals surface area contributed by atoms with Gasteiger partial charge in [0.05, 0.1) is 31.9 Å². The van der Waals surface area contributed by atoms with Crippen molar-refractivity contribution in [2.75, 3.05) is 26.9 Å². The summed E-state index contributed by atoms with van der Waals surface area (Å²) in [5, 5.41) is 5.41. The molecule has 4 atom stereocenters. The number of hydrogen-bond donors (Lipinski definition) is 2. The SMILES string of the molecule is CCNC(=O)OC1COC2C(NC(=O)c3cccc(C(=O)OC)c3)COC12. The number of nitrogens with one attached hydrogen (secondary N) is 2. The molecule has 2 amide bonds.